The zero-order valence-electron chi connectivity index (χ0n) is 12.2. The first kappa shape index (κ1) is 13.6. The highest BCUT2D eigenvalue weighted by atomic mass is 16.1. The van der Waals surface area contributed by atoms with Crippen molar-refractivity contribution in [1.82, 2.24) is 5.43 Å². The van der Waals surface area contributed by atoms with Crippen LogP contribution in [0.4, 0.5) is 0 Å². The lowest BCUT2D eigenvalue weighted by molar-refractivity contribution is 0.106. The minimum atomic E-state index is -0.277. The Morgan fingerprint density at radius 2 is 1.57 bits per heavy atom. The third-order valence-corrected chi connectivity index (χ3v) is 3.86. The lowest BCUT2D eigenvalue weighted by atomic mass is 9.78. The van der Waals surface area contributed by atoms with E-state index in [1.54, 1.807) is 0 Å². The maximum atomic E-state index is 12.7. The smallest absolute Gasteiger partial charge is 0.209 e. The summed E-state index contributed by atoms with van der Waals surface area (Å²) in [6.07, 6.45) is 0. The minimum absolute atomic E-state index is 0.0115. The number of Topliss-reactive ketones (excluding diaryl/α,β-unsaturated/α-hetero) is 1. The Bertz CT molecular complexity index is 675. The number of nitrogens with one attached hydrogen (secondary N) is 1. The van der Waals surface area contributed by atoms with E-state index in [1.807, 2.05) is 60.7 Å². The average Bonchev–Trinajstić information content (AvgIpc) is 2.83. The molecule has 0 radical (unpaired) electrons. The van der Waals surface area contributed by atoms with E-state index in [0.29, 0.717) is 11.3 Å². The molecular formula is C18H18N2O. The number of carbonyl (C=O) groups is 1. The molecule has 1 aliphatic heterocycles. The molecule has 3 heteroatoms. The predicted octanol–water partition coefficient (Wildman–Crippen LogP) is 3.39. The van der Waals surface area contributed by atoms with Gasteiger partial charge in [0.15, 0.2) is 0 Å². The number of ketones is 1. The first-order valence-corrected chi connectivity index (χ1v) is 7.09. The zero-order chi connectivity index (χ0) is 14.9. The van der Waals surface area contributed by atoms with Crippen LogP contribution in [0, 0.1) is 0 Å². The van der Waals surface area contributed by atoms with Gasteiger partial charge in [-0.25, -0.2) is 0 Å². The quantitative estimate of drug-likeness (QED) is 0.874. The lowest BCUT2D eigenvalue weighted by Crippen LogP contribution is -2.39. The third kappa shape index (κ3) is 2.47. The first-order chi connectivity index (χ1) is 10.1. The molecule has 0 saturated heterocycles. The van der Waals surface area contributed by atoms with Gasteiger partial charge in [-0.1, -0.05) is 60.7 Å². The van der Waals surface area contributed by atoms with Crippen LogP contribution in [-0.4, -0.2) is 17.0 Å². The second-order valence-corrected chi connectivity index (χ2v) is 5.87. The highest BCUT2D eigenvalue weighted by Gasteiger charge is 2.42. The molecule has 0 unspecified atom stereocenters. The van der Waals surface area contributed by atoms with Gasteiger partial charge >= 0.3 is 0 Å². The molecule has 0 spiro atoms. The summed E-state index contributed by atoms with van der Waals surface area (Å²) in [5.74, 6) is -0.0612. The van der Waals surface area contributed by atoms with Crippen molar-refractivity contribution in [3.05, 3.63) is 71.8 Å². The maximum absolute atomic E-state index is 12.7. The molecule has 106 valence electrons. The Morgan fingerprint density at radius 3 is 2.19 bits per heavy atom. The highest BCUT2D eigenvalue weighted by molar-refractivity contribution is 6.48. The molecule has 2 aromatic carbocycles. The number of hydrogen-bond donors (Lipinski definition) is 1. The second kappa shape index (κ2) is 5.17. The fourth-order valence-electron chi connectivity index (χ4n) is 2.81. The van der Waals surface area contributed by atoms with Gasteiger partial charge in [0.25, 0.3) is 0 Å². The monoisotopic (exact) mass is 278 g/mol. The molecule has 3 nitrogen and oxygen atoms in total. The van der Waals surface area contributed by atoms with Crippen LogP contribution in [0.1, 0.15) is 35.7 Å². The van der Waals surface area contributed by atoms with Crippen molar-refractivity contribution in [3.63, 3.8) is 0 Å². The average molecular weight is 278 g/mol. The molecule has 1 N–H and O–H groups in total. The summed E-state index contributed by atoms with van der Waals surface area (Å²) in [5, 5.41) is 4.34. The van der Waals surface area contributed by atoms with Crippen molar-refractivity contribution in [3.8, 4) is 0 Å². The summed E-state index contributed by atoms with van der Waals surface area (Å²) in [6.45, 7) is 4.14. The van der Waals surface area contributed by atoms with E-state index in [4.69, 9.17) is 0 Å². The van der Waals surface area contributed by atoms with Crippen LogP contribution in [0.3, 0.4) is 0 Å². The Hall–Kier alpha value is -2.42. The molecule has 0 fully saturated rings. The lowest BCUT2D eigenvalue weighted by Gasteiger charge is -2.27. The molecule has 0 aliphatic carbocycles. The van der Waals surface area contributed by atoms with Gasteiger partial charge in [0.2, 0.25) is 5.78 Å². The molecule has 21 heavy (non-hydrogen) atoms. The van der Waals surface area contributed by atoms with Gasteiger partial charge in [0, 0.05) is 5.56 Å². The Morgan fingerprint density at radius 1 is 1.00 bits per heavy atom. The fraction of sp³-hybridized carbons (Fsp3) is 0.222. The minimum Gasteiger partial charge on any atom is -0.303 e. The highest BCUT2D eigenvalue weighted by Crippen LogP contribution is 2.34. The third-order valence-electron chi connectivity index (χ3n) is 3.86. The maximum Gasteiger partial charge on any atom is 0.209 e. The molecule has 2 aromatic rings. The number of carbonyl (C=O) groups excluding carboxylic acids is 1. The number of hydrazone groups is 1. The molecule has 0 bridgehead atoms. The van der Waals surface area contributed by atoms with Gasteiger partial charge in [-0.15, -0.1) is 0 Å². The van der Waals surface area contributed by atoms with Gasteiger partial charge in [0.05, 0.1) is 11.5 Å². The van der Waals surface area contributed by atoms with Crippen molar-refractivity contribution < 1.29 is 4.79 Å². The van der Waals surface area contributed by atoms with E-state index in [9.17, 15) is 4.79 Å². The summed E-state index contributed by atoms with van der Waals surface area (Å²) in [7, 11) is 0. The van der Waals surface area contributed by atoms with Crippen LogP contribution in [0.25, 0.3) is 0 Å². The zero-order valence-corrected chi connectivity index (χ0v) is 12.2. The van der Waals surface area contributed by atoms with E-state index < -0.39 is 0 Å². The Balaban J connectivity index is 2.00. The molecule has 0 amide bonds. The van der Waals surface area contributed by atoms with Crippen LogP contribution >= 0.6 is 0 Å². The van der Waals surface area contributed by atoms with Crippen LogP contribution in [0.15, 0.2) is 65.8 Å². The molecule has 0 aromatic heterocycles. The van der Waals surface area contributed by atoms with E-state index in [2.05, 4.69) is 24.4 Å². The van der Waals surface area contributed by atoms with Gasteiger partial charge in [-0.3, -0.25) is 4.79 Å². The van der Waals surface area contributed by atoms with Crippen molar-refractivity contribution >= 4 is 11.5 Å². The molecule has 1 heterocycles. The van der Waals surface area contributed by atoms with E-state index in [-0.39, 0.29) is 17.2 Å². The largest absolute Gasteiger partial charge is 0.303 e. The molecular weight excluding hydrogens is 260 g/mol. The van der Waals surface area contributed by atoms with Gasteiger partial charge < -0.3 is 5.43 Å². The Kier molecular flexibility index (Phi) is 3.34. The van der Waals surface area contributed by atoms with Gasteiger partial charge in [-0.05, 0) is 19.4 Å². The summed E-state index contributed by atoms with van der Waals surface area (Å²) < 4.78 is 0. The number of hydrogen-bond acceptors (Lipinski definition) is 3. The summed E-state index contributed by atoms with van der Waals surface area (Å²) in [4.78, 5) is 12.7. The second-order valence-electron chi connectivity index (χ2n) is 5.87. The van der Waals surface area contributed by atoms with Crippen molar-refractivity contribution in [2.45, 2.75) is 25.3 Å². The van der Waals surface area contributed by atoms with Crippen LogP contribution < -0.4 is 5.43 Å². The fourth-order valence-corrected chi connectivity index (χ4v) is 2.81. The molecule has 0 saturated carbocycles. The summed E-state index contributed by atoms with van der Waals surface area (Å²) in [6, 6.07) is 19.4. The van der Waals surface area contributed by atoms with Crippen LogP contribution in [-0.2, 0) is 0 Å². The SMILES string of the molecule is CC1(C)NN=C(C(=O)c2ccccc2)[C@@H]1c1ccccc1. The van der Waals surface area contributed by atoms with Gasteiger partial charge in [-0.2, -0.15) is 5.10 Å². The first-order valence-electron chi connectivity index (χ1n) is 7.09. The summed E-state index contributed by atoms with van der Waals surface area (Å²) >= 11 is 0. The van der Waals surface area contributed by atoms with Crippen LogP contribution in [0.2, 0.25) is 0 Å². The predicted molar refractivity (Wildman–Crippen MR) is 84.6 cm³/mol. The topological polar surface area (TPSA) is 41.5 Å². The van der Waals surface area contributed by atoms with E-state index >= 15 is 0 Å². The van der Waals surface area contributed by atoms with Crippen LogP contribution in [0.5, 0.6) is 0 Å². The number of benzene rings is 2. The normalized spacial score (nSPS) is 19.7. The molecule has 1 aliphatic rings. The summed E-state index contributed by atoms with van der Waals surface area (Å²) in [5.41, 5.74) is 5.20. The van der Waals surface area contributed by atoms with Crippen molar-refractivity contribution in [2.75, 3.05) is 0 Å². The molecule has 1 atom stereocenters. The number of nitrogens with zero attached hydrogens (tertiary/aromatic N) is 1. The van der Waals surface area contributed by atoms with E-state index in [1.165, 1.54) is 0 Å². The van der Waals surface area contributed by atoms with Gasteiger partial charge in [0.1, 0.15) is 5.71 Å². The molecule has 3 rings (SSSR count). The van der Waals surface area contributed by atoms with E-state index in [0.717, 1.165) is 5.56 Å². The Labute approximate surface area is 124 Å². The standard InChI is InChI=1S/C18H18N2O/c1-18(2)15(13-9-5-3-6-10-13)16(19-20-18)17(21)14-11-7-4-8-12-14/h3-12,15,20H,1-2H3/t15-/m0/s1. The number of rotatable bonds is 3. The van der Waals surface area contributed by atoms with Crippen molar-refractivity contribution in [2.24, 2.45) is 5.10 Å². The van der Waals surface area contributed by atoms with Crippen molar-refractivity contribution in [1.29, 1.82) is 0 Å².